The zero-order chi connectivity index (χ0) is 7.03. The summed E-state index contributed by atoms with van der Waals surface area (Å²) in [7, 11) is 0. The molecule has 1 atom stereocenters. The molecule has 2 N–H and O–H groups in total. The van der Waals surface area contributed by atoms with Crippen LogP contribution in [0.1, 0.15) is 0 Å². The van der Waals surface area contributed by atoms with Crippen LogP contribution in [0.3, 0.4) is 0 Å². The summed E-state index contributed by atoms with van der Waals surface area (Å²) in [6, 6.07) is 0.0694. The quantitative estimate of drug-likeness (QED) is 0.534. The molecular weight excluding hydrogens is 150 g/mol. The second-order valence-electron chi connectivity index (χ2n) is 2.63. The van der Waals surface area contributed by atoms with Crippen molar-refractivity contribution in [2.75, 3.05) is 24.7 Å². The minimum atomic E-state index is -0.412. The zero-order valence-electron chi connectivity index (χ0n) is 5.71. The van der Waals surface area contributed by atoms with Crippen molar-refractivity contribution in [3.8, 4) is 0 Å². The summed E-state index contributed by atoms with van der Waals surface area (Å²) in [5.74, 6) is 1.44. The van der Waals surface area contributed by atoms with Crippen LogP contribution in [0.5, 0.6) is 0 Å². The van der Waals surface area contributed by atoms with Gasteiger partial charge in [0.25, 0.3) is 0 Å². The molecule has 2 aliphatic rings. The number of hydrogen-bond donors (Lipinski definition) is 1. The molecule has 1 unspecified atom stereocenters. The van der Waals surface area contributed by atoms with Crippen LogP contribution in [0.15, 0.2) is 0 Å². The van der Waals surface area contributed by atoms with Crippen LogP contribution >= 0.6 is 11.8 Å². The molecule has 2 aliphatic heterocycles. The zero-order valence-corrected chi connectivity index (χ0v) is 6.52. The fraction of sp³-hybridized carbons (Fsp3) is 1.00. The van der Waals surface area contributed by atoms with Gasteiger partial charge in [-0.25, -0.2) is 0 Å². The Morgan fingerprint density at radius 2 is 2.10 bits per heavy atom. The van der Waals surface area contributed by atoms with E-state index < -0.39 is 5.79 Å². The fourth-order valence-electron chi connectivity index (χ4n) is 1.33. The first-order valence-corrected chi connectivity index (χ1v) is 4.60. The SMILES string of the molecule is NC1CSCC12OCCO2. The summed E-state index contributed by atoms with van der Waals surface area (Å²) >= 11 is 1.80. The standard InChI is InChI=1S/C6H11NO2S/c7-5-3-10-4-6(5)8-1-2-9-6/h5H,1-4,7H2. The van der Waals surface area contributed by atoms with E-state index in [1.54, 1.807) is 11.8 Å². The first-order chi connectivity index (χ1) is 4.83. The lowest BCUT2D eigenvalue weighted by molar-refractivity contribution is -0.144. The summed E-state index contributed by atoms with van der Waals surface area (Å²) in [4.78, 5) is 0. The Kier molecular flexibility index (Phi) is 1.64. The van der Waals surface area contributed by atoms with Gasteiger partial charge in [-0.2, -0.15) is 11.8 Å². The Hall–Kier alpha value is 0.230. The molecule has 0 aliphatic carbocycles. The molecule has 10 heavy (non-hydrogen) atoms. The third-order valence-electron chi connectivity index (χ3n) is 1.94. The third-order valence-corrected chi connectivity index (χ3v) is 3.14. The molecule has 2 fully saturated rings. The van der Waals surface area contributed by atoms with Crippen LogP contribution < -0.4 is 5.73 Å². The number of nitrogens with two attached hydrogens (primary N) is 1. The summed E-state index contributed by atoms with van der Waals surface area (Å²) in [6.07, 6.45) is 0. The predicted octanol–water partition coefficient (Wildman–Crippen LogP) is -0.196. The van der Waals surface area contributed by atoms with E-state index in [0.29, 0.717) is 13.2 Å². The van der Waals surface area contributed by atoms with Gasteiger partial charge in [0.2, 0.25) is 0 Å². The molecule has 0 bridgehead atoms. The van der Waals surface area contributed by atoms with Gasteiger partial charge in [-0.05, 0) is 0 Å². The molecular formula is C6H11NO2S. The second kappa shape index (κ2) is 2.37. The van der Waals surface area contributed by atoms with Crippen LogP contribution in [-0.2, 0) is 9.47 Å². The average Bonchev–Trinajstić information content (AvgIpc) is 2.48. The Labute approximate surface area is 64.2 Å². The number of rotatable bonds is 0. The van der Waals surface area contributed by atoms with E-state index in [9.17, 15) is 0 Å². The Morgan fingerprint density at radius 1 is 1.40 bits per heavy atom. The smallest absolute Gasteiger partial charge is 0.193 e. The summed E-state index contributed by atoms with van der Waals surface area (Å²) < 4.78 is 10.9. The topological polar surface area (TPSA) is 44.5 Å². The molecule has 4 heteroatoms. The molecule has 1 spiro atoms. The minimum absolute atomic E-state index is 0.0694. The molecule has 2 rings (SSSR count). The van der Waals surface area contributed by atoms with Crippen molar-refractivity contribution in [2.45, 2.75) is 11.8 Å². The van der Waals surface area contributed by atoms with Crippen molar-refractivity contribution >= 4 is 11.8 Å². The molecule has 58 valence electrons. The first kappa shape index (κ1) is 6.91. The largest absolute Gasteiger partial charge is 0.345 e. The highest BCUT2D eigenvalue weighted by molar-refractivity contribution is 7.99. The minimum Gasteiger partial charge on any atom is -0.345 e. The fourth-order valence-corrected chi connectivity index (χ4v) is 2.62. The van der Waals surface area contributed by atoms with Crippen molar-refractivity contribution in [2.24, 2.45) is 5.73 Å². The first-order valence-electron chi connectivity index (χ1n) is 3.45. The maximum Gasteiger partial charge on any atom is 0.193 e. The highest BCUT2D eigenvalue weighted by Gasteiger charge is 2.46. The van der Waals surface area contributed by atoms with Crippen molar-refractivity contribution in [1.82, 2.24) is 0 Å². The van der Waals surface area contributed by atoms with E-state index in [2.05, 4.69) is 0 Å². The molecule has 0 aromatic carbocycles. The van der Waals surface area contributed by atoms with Gasteiger partial charge in [0, 0.05) is 11.5 Å². The van der Waals surface area contributed by atoms with Gasteiger partial charge in [0.1, 0.15) is 0 Å². The molecule has 0 saturated carbocycles. The molecule has 2 heterocycles. The van der Waals surface area contributed by atoms with Crippen molar-refractivity contribution < 1.29 is 9.47 Å². The number of thioether (sulfide) groups is 1. The Bertz CT molecular complexity index is 130. The normalized spacial score (nSPS) is 37.5. The molecule has 3 nitrogen and oxygen atoms in total. The maximum atomic E-state index is 5.80. The lowest BCUT2D eigenvalue weighted by atomic mass is 10.2. The van der Waals surface area contributed by atoms with Crippen molar-refractivity contribution in [3.05, 3.63) is 0 Å². The van der Waals surface area contributed by atoms with Crippen LogP contribution in [-0.4, -0.2) is 36.5 Å². The van der Waals surface area contributed by atoms with E-state index in [4.69, 9.17) is 15.2 Å². The molecule has 0 amide bonds. The van der Waals surface area contributed by atoms with Crippen molar-refractivity contribution in [1.29, 1.82) is 0 Å². The number of ether oxygens (including phenoxy) is 2. The Balaban J connectivity index is 2.11. The second-order valence-corrected chi connectivity index (χ2v) is 3.66. The lowest BCUT2D eigenvalue weighted by Gasteiger charge is -2.24. The number of hydrogen-bond acceptors (Lipinski definition) is 4. The van der Waals surface area contributed by atoms with Gasteiger partial charge in [-0.15, -0.1) is 0 Å². The molecule has 2 saturated heterocycles. The lowest BCUT2D eigenvalue weighted by Crippen LogP contribution is -2.47. The highest BCUT2D eigenvalue weighted by Crippen LogP contribution is 2.34. The van der Waals surface area contributed by atoms with Gasteiger partial charge in [-0.1, -0.05) is 0 Å². The van der Waals surface area contributed by atoms with Gasteiger partial charge >= 0.3 is 0 Å². The predicted molar refractivity (Wildman–Crippen MR) is 39.9 cm³/mol. The van der Waals surface area contributed by atoms with Gasteiger partial charge in [0.05, 0.1) is 19.3 Å². The molecule has 0 aromatic heterocycles. The van der Waals surface area contributed by atoms with Gasteiger partial charge in [-0.3, -0.25) is 0 Å². The van der Waals surface area contributed by atoms with Crippen LogP contribution in [0.4, 0.5) is 0 Å². The summed E-state index contributed by atoms with van der Waals surface area (Å²) in [6.45, 7) is 1.41. The average molecular weight is 161 g/mol. The molecule has 0 radical (unpaired) electrons. The van der Waals surface area contributed by atoms with E-state index in [0.717, 1.165) is 11.5 Å². The van der Waals surface area contributed by atoms with E-state index in [1.165, 1.54) is 0 Å². The van der Waals surface area contributed by atoms with Gasteiger partial charge < -0.3 is 15.2 Å². The van der Waals surface area contributed by atoms with Crippen LogP contribution in [0, 0.1) is 0 Å². The van der Waals surface area contributed by atoms with Crippen LogP contribution in [0.2, 0.25) is 0 Å². The van der Waals surface area contributed by atoms with Crippen LogP contribution in [0.25, 0.3) is 0 Å². The maximum absolute atomic E-state index is 5.80. The third kappa shape index (κ3) is 0.871. The van der Waals surface area contributed by atoms with E-state index in [-0.39, 0.29) is 6.04 Å². The van der Waals surface area contributed by atoms with E-state index >= 15 is 0 Å². The summed E-state index contributed by atoms with van der Waals surface area (Å²) in [5.41, 5.74) is 5.80. The summed E-state index contributed by atoms with van der Waals surface area (Å²) in [5, 5.41) is 0. The van der Waals surface area contributed by atoms with Gasteiger partial charge in [0.15, 0.2) is 5.79 Å². The highest BCUT2D eigenvalue weighted by atomic mass is 32.2. The Morgan fingerprint density at radius 3 is 2.60 bits per heavy atom. The van der Waals surface area contributed by atoms with Crippen molar-refractivity contribution in [3.63, 3.8) is 0 Å². The van der Waals surface area contributed by atoms with E-state index in [1.807, 2.05) is 0 Å². The molecule has 0 aromatic rings. The monoisotopic (exact) mass is 161 g/mol.